The van der Waals surface area contributed by atoms with Crippen molar-refractivity contribution in [3.8, 4) is 11.5 Å². The zero-order chi connectivity index (χ0) is 18.7. The largest absolute Gasteiger partial charge is 0.508 e. The number of phenolic OH excluding ortho intramolecular Hbond substituents is 1. The highest BCUT2D eigenvalue weighted by Gasteiger charge is 2.41. The highest BCUT2D eigenvalue weighted by Crippen LogP contribution is 2.47. The molecule has 6 nitrogen and oxygen atoms in total. The maximum Gasteiger partial charge on any atom is 0.330 e. The second-order valence-corrected chi connectivity index (χ2v) is 5.78. The number of hydrogen-bond acceptors (Lipinski definition) is 6. The van der Waals surface area contributed by atoms with Gasteiger partial charge in [0.1, 0.15) is 23.5 Å². The molecule has 6 heteroatoms. The first-order chi connectivity index (χ1) is 12.5. The van der Waals surface area contributed by atoms with Crippen LogP contribution in [0.5, 0.6) is 11.5 Å². The van der Waals surface area contributed by atoms with Crippen LogP contribution in [-0.4, -0.2) is 31.3 Å². The Morgan fingerprint density at radius 1 is 1.08 bits per heavy atom. The van der Waals surface area contributed by atoms with E-state index in [4.69, 9.17) is 9.47 Å². The van der Waals surface area contributed by atoms with Gasteiger partial charge < -0.3 is 19.3 Å². The molecule has 0 aliphatic carbocycles. The van der Waals surface area contributed by atoms with Crippen LogP contribution in [0.2, 0.25) is 0 Å². The van der Waals surface area contributed by atoms with Crippen molar-refractivity contribution in [1.29, 1.82) is 0 Å². The van der Waals surface area contributed by atoms with Crippen LogP contribution in [0.1, 0.15) is 28.7 Å². The lowest BCUT2D eigenvalue weighted by Gasteiger charge is -2.17. The first-order valence-corrected chi connectivity index (χ1v) is 7.97. The molecular formula is C20H18O6. The highest BCUT2D eigenvalue weighted by molar-refractivity contribution is 5.87. The molecule has 3 rings (SSSR count). The third kappa shape index (κ3) is 3.39. The van der Waals surface area contributed by atoms with Crippen molar-refractivity contribution in [3.63, 3.8) is 0 Å². The van der Waals surface area contributed by atoms with Crippen LogP contribution in [0.25, 0.3) is 6.08 Å². The Labute approximate surface area is 150 Å². The fraction of sp³-hybridized carbons (Fsp3) is 0.200. The number of aromatic hydroxyl groups is 1. The maximum absolute atomic E-state index is 12.4. The Hall–Kier alpha value is -3.28. The Morgan fingerprint density at radius 2 is 1.81 bits per heavy atom. The summed E-state index contributed by atoms with van der Waals surface area (Å²) in [5, 5.41) is 9.48. The molecular weight excluding hydrogens is 336 g/mol. The summed E-state index contributed by atoms with van der Waals surface area (Å²) in [6.07, 6.45) is 2.36. The van der Waals surface area contributed by atoms with E-state index < -0.39 is 24.0 Å². The van der Waals surface area contributed by atoms with Gasteiger partial charge in [-0.3, -0.25) is 4.79 Å². The van der Waals surface area contributed by atoms with Gasteiger partial charge in [-0.15, -0.1) is 0 Å². The summed E-state index contributed by atoms with van der Waals surface area (Å²) in [7, 11) is 2.63. The molecule has 2 atom stereocenters. The summed E-state index contributed by atoms with van der Waals surface area (Å²) >= 11 is 0. The standard InChI is InChI=1S/C20H18O6/c1-24-17(22)10-4-12-3-9-16-15(11-12)18(20(23)25-2)19(26-16)13-5-7-14(21)8-6-13/h3-11,18-19,21H,1-2H3/b10-4+/t18-,19-/m0/s1. The van der Waals surface area contributed by atoms with Crippen molar-refractivity contribution in [2.75, 3.05) is 14.2 Å². The molecule has 1 aliphatic rings. The Kier molecular flexibility index (Phi) is 4.93. The molecule has 0 saturated carbocycles. The van der Waals surface area contributed by atoms with Crippen molar-refractivity contribution in [2.45, 2.75) is 12.0 Å². The molecule has 2 aromatic carbocycles. The minimum Gasteiger partial charge on any atom is -0.508 e. The van der Waals surface area contributed by atoms with Crippen molar-refractivity contribution >= 4 is 18.0 Å². The molecule has 0 fully saturated rings. The van der Waals surface area contributed by atoms with E-state index in [1.54, 1.807) is 48.5 Å². The number of methoxy groups -OCH3 is 2. The third-order valence-electron chi connectivity index (χ3n) is 4.22. The predicted octanol–water partition coefficient (Wildman–Crippen LogP) is 2.97. The van der Waals surface area contributed by atoms with Crippen LogP contribution >= 0.6 is 0 Å². The number of carbonyl (C=O) groups excluding carboxylic acids is 2. The van der Waals surface area contributed by atoms with Crippen LogP contribution in [0.15, 0.2) is 48.5 Å². The average Bonchev–Trinajstić information content (AvgIpc) is 3.04. The van der Waals surface area contributed by atoms with Gasteiger partial charge in [-0.2, -0.15) is 0 Å². The molecule has 0 aromatic heterocycles. The van der Waals surface area contributed by atoms with E-state index in [0.717, 1.165) is 11.1 Å². The van der Waals surface area contributed by atoms with E-state index in [0.29, 0.717) is 11.3 Å². The normalized spacial score (nSPS) is 18.2. The molecule has 1 N–H and O–H groups in total. The molecule has 0 unspecified atom stereocenters. The molecule has 0 amide bonds. The van der Waals surface area contributed by atoms with Crippen molar-refractivity contribution in [1.82, 2.24) is 0 Å². The molecule has 26 heavy (non-hydrogen) atoms. The Morgan fingerprint density at radius 3 is 2.46 bits per heavy atom. The van der Waals surface area contributed by atoms with Crippen LogP contribution in [0.4, 0.5) is 0 Å². The molecule has 1 aliphatic heterocycles. The quantitative estimate of drug-likeness (QED) is 0.671. The highest BCUT2D eigenvalue weighted by atomic mass is 16.5. The van der Waals surface area contributed by atoms with Gasteiger partial charge in [0.2, 0.25) is 0 Å². The summed E-state index contributed by atoms with van der Waals surface area (Å²) in [6, 6.07) is 11.8. The van der Waals surface area contributed by atoms with Crippen LogP contribution < -0.4 is 4.74 Å². The first-order valence-electron chi connectivity index (χ1n) is 7.97. The Balaban J connectivity index is 1.98. The van der Waals surface area contributed by atoms with Gasteiger partial charge >= 0.3 is 11.9 Å². The molecule has 0 spiro atoms. The summed E-state index contributed by atoms with van der Waals surface area (Å²) in [5.74, 6) is -0.821. The zero-order valence-electron chi connectivity index (χ0n) is 14.3. The molecule has 0 saturated heterocycles. The van der Waals surface area contributed by atoms with Crippen molar-refractivity contribution < 1.29 is 28.9 Å². The van der Waals surface area contributed by atoms with Crippen LogP contribution in [-0.2, 0) is 19.1 Å². The monoisotopic (exact) mass is 354 g/mol. The number of esters is 2. The van der Waals surface area contributed by atoms with Gasteiger partial charge in [-0.05, 0) is 41.5 Å². The van der Waals surface area contributed by atoms with E-state index in [9.17, 15) is 14.7 Å². The molecule has 1 heterocycles. The van der Waals surface area contributed by atoms with E-state index in [-0.39, 0.29) is 5.75 Å². The van der Waals surface area contributed by atoms with E-state index in [1.165, 1.54) is 20.3 Å². The number of ether oxygens (including phenoxy) is 3. The zero-order valence-corrected chi connectivity index (χ0v) is 14.3. The second-order valence-electron chi connectivity index (χ2n) is 5.78. The molecule has 2 aromatic rings. The smallest absolute Gasteiger partial charge is 0.330 e. The Bertz CT molecular complexity index is 853. The fourth-order valence-corrected chi connectivity index (χ4v) is 2.92. The van der Waals surface area contributed by atoms with Gasteiger partial charge in [0.15, 0.2) is 0 Å². The second kappa shape index (κ2) is 7.31. The van der Waals surface area contributed by atoms with E-state index in [2.05, 4.69) is 4.74 Å². The number of fused-ring (bicyclic) bond motifs is 1. The van der Waals surface area contributed by atoms with E-state index in [1.807, 2.05) is 0 Å². The minimum absolute atomic E-state index is 0.133. The van der Waals surface area contributed by atoms with Crippen LogP contribution in [0, 0.1) is 0 Å². The van der Waals surface area contributed by atoms with Crippen molar-refractivity contribution in [3.05, 3.63) is 65.2 Å². The number of hydrogen-bond donors (Lipinski definition) is 1. The summed E-state index contributed by atoms with van der Waals surface area (Å²) in [6.45, 7) is 0. The number of phenols is 1. The van der Waals surface area contributed by atoms with Gasteiger partial charge in [-0.25, -0.2) is 4.79 Å². The van der Waals surface area contributed by atoms with E-state index >= 15 is 0 Å². The van der Waals surface area contributed by atoms with Gasteiger partial charge in [0.05, 0.1) is 14.2 Å². The SMILES string of the molecule is COC(=O)/C=C/c1ccc2c(c1)[C@H](C(=O)OC)[C@H](c1ccc(O)cc1)O2. The number of carbonyl (C=O) groups is 2. The fourth-order valence-electron chi connectivity index (χ4n) is 2.92. The number of rotatable bonds is 4. The molecule has 0 radical (unpaired) electrons. The summed E-state index contributed by atoms with van der Waals surface area (Å²) < 4.78 is 15.5. The van der Waals surface area contributed by atoms with Crippen molar-refractivity contribution in [2.24, 2.45) is 0 Å². The molecule has 0 bridgehead atoms. The summed E-state index contributed by atoms with van der Waals surface area (Å²) in [4.78, 5) is 23.7. The summed E-state index contributed by atoms with van der Waals surface area (Å²) in [5.41, 5.74) is 2.17. The third-order valence-corrected chi connectivity index (χ3v) is 4.22. The van der Waals surface area contributed by atoms with Gasteiger partial charge in [-0.1, -0.05) is 18.2 Å². The van der Waals surface area contributed by atoms with Gasteiger partial charge in [0, 0.05) is 11.6 Å². The first kappa shape index (κ1) is 17.5. The topological polar surface area (TPSA) is 82.1 Å². The van der Waals surface area contributed by atoms with Crippen LogP contribution in [0.3, 0.4) is 0 Å². The predicted molar refractivity (Wildman–Crippen MR) is 93.7 cm³/mol. The van der Waals surface area contributed by atoms with Gasteiger partial charge in [0.25, 0.3) is 0 Å². The number of benzene rings is 2. The maximum atomic E-state index is 12.4. The minimum atomic E-state index is -0.647. The lowest BCUT2D eigenvalue weighted by Crippen LogP contribution is -2.20. The average molecular weight is 354 g/mol. The lowest BCUT2D eigenvalue weighted by molar-refractivity contribution is -0.144. The molecule has 134 valence electrons. The lowest BCUT2D eigenvalue weighted by atomic mass is 9.90.